The first kappa shape index (κ1) is 29.4. The van der Waals surface area contributed by atoms with Crippen molar-refractivity contribution in [3.05, 3.63) is 89.0 Å². The first-order chi connectivity index (χ1) is 18.5. The molecule has 0 spiro atoms. The van der Waals surface area contributed by atoms with Gasteiger partial charge in [0.05, 0.1) is 29.4 Å². The van der Waals surface area contributed by atoms with Crippen molar-refractivity contribution >= 4 is 5.97 Å². The second kappa shape index (κ2) is 12.6. The minimum Gasteiger partial charge on any atom is -0.475 e. The molecule has 3 atom stereocenters. The molecular formula is C29H30F3N5O2. The third kappa shape index (κ3) is 7.68. The molecule has 1 saturated heterocycles. The number of carboxylic acids is 1. The number of aliphatic carboxylic acids is 1. The van der Waals surface area contributed by atoms with E-state index in [-0.39, 0.29) is 12.0 Å². The van der Waals surface area contributed by atoms with Gasteiger partial charge in [-0.15, -0.1) is 0 Å². The number of hydrogen-bond donors (Lipinski definition) is 2. The summed E-state index contributed by atoms with van der Waals surface area (Å²) in [7, 11) is 0. The van der Waals surface area contributed by atoms with Crippen LogP contribution in [-0.4, -0.2) is 44.7 Å². The number of hydrogen-bond acceptors (Lipinski definition) is 5. The van der Waals surface area contributed by atoms with Gasteiger partial charge in [-0.25, -0.2) is 9.78 Å². The second-order valence-corrected chi connectivity index (χ2v) is 9.89. The van der Waals surface area contributed by atoms with Crippen LogP contribution in [0.1, 0.15) is 41.3 Å². The number of halogens is 3. The molecule has 0 radical (unpaired) electrons. The SMILES string of the molecule is Cc1cccc(CC2(C#N)CCN(Cc3cnc[nH]3)C(C)C2Cc2ccc(C#N)cc2)c1.O=C(O)C(F)(F)F. The quantitative estimate of drug-likeness (QED) is 0.433. The van der Waals surface area contributed by atoms with Crippen molar-refractivity contribution in [1.29, 1.82) is 10.5 Å². The van der Waals surface area contributed by atoms with Gasteiger partial charge in [0.2, 0.25) is 0 Å². The first-order valence-corrected chi connectivity index (χ1v) is 12.4. The number of nitrogens with zero attached hydrogens (tertiary/aromatic N) is 4. The topological polar surface area (TPSA) is 117 Å². The van der Waals surface area contributed by atoms with Crippen LogP contribution in [0.3, 0.4) is 0 Å². The first-order valence-electron chi connectivity index (χ1n) is 12.4. The Bertz CT molecular complexity index is 1330. The average molecular weight is 538 g/mol. The van der Waals surface area contributed by atoms with E-state index in [0.717, 1.165) is 38.0 Å². The fourth-order valence-corrected chi connectivity index (χ4v) is 5.18. The number of piperidine rings is 1. The summed E-state index contributed by atoms with van der Waals surface area (Å²) in [5.41, 5.74) is 4.95. The number of H-pyrrole nitrogens is 1. The van der Waals surface area contributed by atoms with Gasteiger partial charge >= 0.3 is 12.1 Å². The van der Waals surface area contributed by atoms with E-state index in [1.807, 2.05) is 30.5 Å². The molecule has 1 fully saturated rings. The number of alkyl halides is 3. The molecule has 1 aliphatic heterocycles. The zero-order valence-corrected chi connectivity index (χ0v) is 21.7. The number of carboxylic acid groups (broad SMARTS) is 1. The molecule has 0 saturated carbocycles. The van der Waals surface area contributed by atoms with E-state index in [0.29, 0.717) is 5.56 Å². The lowest BCUT2D eigenvalue weighted by Crippen LogP contribution is -2.53. The van der Waals surface area contributed by atoms with Crippen molar-refractivity contribution in [2.45, 2.75) is 51.9 Å². The summed E-state index contributed by atoms with van der Waals surface area (Å²) in [5.74, 6) is -2.59. The van der Waals surface area contributed by atoms with E-state index in [4.69, 9.17) is 15.2 Å². The molecule has 39 heavy (non-hydrogen) atoms. The zero-order chi connectivity index (χ0) is 28.6. The van der Waals surface area contributed by atoms with Crippen LogP contribution in [0.25, 0.3) is 0 Å². The summed E-state index contributed by atoms with van der Waals surface area (Å²) in [5, 5.41) is 26.8. The van der Waals surface area contributed by atoms with Crippen molar-refractivity contribution in [1.82, 2.24) is 14.9 Å². The molecule has 204 valence electrons. The van der Waals surface area contributed by atoms with Crippen LogP contribution in [0.2, 0.25) is 0 Å². The van der Waals surface area contributed by atoms with Gasteiger partial charge in [-0.2, -0.15) is 23.7 Å². The number of aromatic nitrogens is 2. The van der Waals surface area contributed by atoms with Crippen molar-refractivity contribution in [2.75, 3.05) is 6.54 Å². The molecular weight excluding hydrogens is 507 g/mol. The summed E-state index contributed by atoms with van der Waals surface area (Å²) >= 11 is 0. The Morgan fingerprint density at radius 1 is 1.21 bits per heavy atom. The highest BCUT2D eigenvalue weighted by atomic mass is 19.4. The number of nitrogens with one attached hydrogen (secondary N) is 1. The van der Waals surface area contributed by atoms with Crippen LogP contribution in [0.15, 0.2) is 61.1 Å². The molecule has 2 N–H and O–H groups in total. The van der Waals surface area contributed by atoms with Gasteiger partial charge < -0.3 is 10.1 Å². The molecule has 0 aliphatic carbocycles. The highest BCUT2D eigenvalue weighted by molar-refractivity contribution is 5.73. The molecule has 2 aromatic carbocycles. The normalized spacial score (nSPS) is 21.2. The second-order valence-electron chi connectivity index (χ2n) is 9.89. The van der Waals surface area contributed by atoms with E-state index in [9.17, 15) is 18.4 Å². The predicted molar refractivity (Wildman–Crippen MR) is 138 cm³/mol. The monoisotopic (exact) mass is 537 g/mol. The Kier molecular flexibility index (Phi) is 9.50. The van der Waals surface area contributed by atoms with E-state index in [1.54, 1.807) is 6.33 Å². The third-order valence-corrected chi connectivity index (χ3v) is 7.25. The molecule has 7 nitrogen and oxygen atoms in total. The summed E-state index contributed by atoms with van der Waals surface area (Å²) in [6, 6.07) is 21.6. The van der Waals surface area contributed by atoms with E-state index >= 15 is 0 Å². The fraction of sp³-hybridized carbons (Fsp3) is 0.379. The van der Waals surface area contributed by atoms with Gasteiger partial charge in [0.1, 0.15) is 0 Å². The van der Waals surface area contributed by atoms with E-state index < -0.39 is 17.6 Å². The number of likely N-dealkylation sites (tertiary alicyclic amines) is 1. The molecule has 3 aromatic rings. The lowest BCUT2D eigenvalue weighted by atomic mass is 9.63. The highest BCUT2D eigenvalue weighted by Crippen LogP contribution is 2.44. The lowest BCUT2D eigenvalue weighted by Gasteiger charge is -2.49. The Balaban J connectivity index is 0.000000532. The number of nitriles is 2. The van der Waals surface area contributed by atoms with Gasteiger partial charge in [-0.1, -0.05) is 42.0 Å². The molecule has 1 aromatic heterocycles. The predicted octanol–water partition coefficient (Wildman–Crippen LogP) is 5.43. The van der Waals surface area contributed by atoms with Gasteiger partial charge in [-0.3, -0.25) is 4.90 Å². The molecule has 1 aliphatic rings. The van der Waals surface area contributed by atoms with Gasteiger partial charge in [0, 0.05) is 31.0 Å². The third-order valence-electron chi connectivity index (χ3n) is 7.25. The van der Waals surface area contributed by atoms with E-state index in [2.05, 4.69) is 65.1 Å². The molecule has 3 unspecified atom stereocenters. The van der Waals surface area contributed by atoms with E-state index in [1.165, 1.54) is 16.7 Å². The number of rotatable bonds is 6. The molecule has 2 heterocycles. The molecule has 0 amide bonds. The van der Waals surface area contributed by atoms with Gasteiger partial charge in [0.15, 0.2) is 0 Å². The molecule has 10 heteroatoms. The molecule has 4 rings (SSSR count). The van der Waals surface area contributed by atoms with Gasteiger partial charge in [0.25, 0.3) is 0 Å². The molecule has 0 bridgehead atoms. The number of benzene rings is 2. The summed E-state index contributed by atoms with van der Waals surface area (Å²) < 4.78 is 31.7. The zero-order valence-electron chi connectivity index (χ0n) is 21.7. The lowest BCUT2D eigenvalue weighted by molar-refractivity contribution is -0.192. The maximum atomic E-state index is 10.6. The summed E-state index contributed by atoms with van der Waals surface area (Å²) in [6.07, 6.45) is 0.910. The average Bonchev–Trinajstić information content (AvgIpc) is 3.41. The van der Waals surface area contributed by atoms with Crippen molar-refractivity contribution in [2.24, 2.45) is 11.3 Å². The number of carbonyl (C=O) groups is 1. The van der Waals surface area contributed by atoms with Crippen LogP contribution >= 0.6 is 0 Å². The van der Waals surface area contributed by atoms with Crippen molar-refractivity contribution in [3.63, 3.8) is 0 Å². The van der Waals surface area contributed by atoms with Crippen molar-refractivity contribution in [3.8, 4) is 12.1 Å². The Morgan fingerprint density at radius 2 is 1.90 bits per heavy atom. The smallest absolute Gasteiger partial charge is 0.475 e. The van der Waals surface area contributed by atoms with Crippen LogP contribution in [-0.2, 0) is 24.2 Å². The van der Waals surface area contributed by atoms with Crippen LogP contribution in [0.5, 0.6) is 0 Å². The van der Waals surface area contributed by atoms with Crippen LogP contribution < -0.4 is 0 Å². The Morgan fingerprint density at radius 3 is 2.44 bits per heavy atom. The minimum atomic E-state index is -5.08. The maximum Gasteiger partial charge on any atom is 0.490 e. The maximum absolute atomic E-state index is 10.6. The largest absolute Gasteiger partial charge is 0.490 e. The Labute approximate surface area is 225 Å². The number of aromatic amines is 1. The van der Waals surface area contributed by atoms with Crippen LogP contribution in [0.4, 0.5) is 13.2 Å². The minimum absolute atomic E-state index is 0.164. The van der Waals surface area contributed by atoms with Crippen LogP contribution in [0, 0.1) is 40.9 Å². The summed E-state index contributed by atoms with van der Waals surface area (Å²) in [4.78, 5) is 18.7. The fourth-order valence-electron chi connectivity index (χ4n) is 5.18. The number of imidazole rings is 1. The number of aryl methyl sites for hydroxylation is 1. The van der Waals surface area contributed by atoms with Crippen molar-refractivity contribution < 1.29 is 23.1 Å². The Hall–Kier alpha value is -4.15. The summed E-state index contributed by atoms with van der Waals surface area (Å²) in [6.45, 7) is 6.04. The highest BCUT2D eigenvalue weighted by Gasteiger charge is 2.47. The standard InChI is InChI=1S/C27H29N5.C2HF3O2/c1-20-4-3-5-24(12-20)14-27(18-29)10-11-32(17-25-16-30-19-31-25)21(2)26(27)13-22-6-8-23(15-28)9-7-22;3-2(4,5)1(6)7/h3-9,12,16,19,21,26H,10-11,13-14,17H2,1-2H3,(H,30,31);(H,6,7). The van der Waals surface area contributed by atoms with Gasteiger partial charge in [-0.05, 0) is 62.3 Å².